The molecular formula is C16H18N4O2. The van der Waals surface area contributed by atoms with E-state index in [9.17, 15) is 4.79 Å². The van der Waals surface area contributed by atoms with E-state index in [1.807, 2.05) is 35.3 Å². The van der Waals surface area contributed by atoms with E-state index >= 15 is 0 Å². The van der Waals surface area contributed by atoms with Crippen molar-refractivity contribution in [1.82, 2.24) is 14.8 Å². The first-order valence-electron chi connectivity index (χ1n) is 7.12. The van der Waals surface area contributed by atoms with E-state index in [1.54, 1.807) is 13.3 Å². The molecule has 0 radical (unpaired) electrons. The number of aromatic amines is 1. The van der Waals surface area contributed by atoms with Gasteiger partial charge in [-0.05, 0) is 18.2 Å². The number of anilines is 1. The highest BCUT2D eigenvalue weighted by Crippen LogP contribution is 2.15. The van der Waals surface area contributed by atoms with Gasteiger partial charge in [-0.2, -0.15) is 5.10 Å². The summed E-state index contributed by atoms with van der Waals surface area (Å²) in [5, 5.41) is 8.27. The molecule has 0 saturated heterocycles. The average molecular weight is 298 g/mol. The van der Waals surface area contributed by atoms with Crippen LogP contribution in [-0.4, -0.2) is 28.5 Å². The Kier molecular flexibility index (Phi) is 4.20. The molecule has 0 atom stereocenters. The summed E-state index contributed by atoms with van der Waals surface area (Å²) in [5.41, 5.74) is 2.85. The number of aromatic nitrogens is 3. The first kappa shape index (κ1) is 14.3. The number of ether oxygens (including phenoxy) is 1. The maximum absolute atomic E-state index is 11.8. The largest absolute Gasteiger partial charge is 0.383 e. The molecular weight excluding hydrogens is 280 g/mol. The van der Waals surface area contributed by atoms with E-state index in [4.69, 9.17) is 4.74 Å². The topological polar surface area (TPSA) is 71.9 Å². The number of rotatable bonds is 6. The lowest BCUT2D eigenvalue weighted by Gasteiger charge is -2.06. The van der Waals surface area contributed by atoms with Crippen molar-refractivity contribution in [3.63, 3.8) is 0 Å². The lowest BCUT2D eigenvalue weighted by atomic mass is 10.2. The van der Waals surface area contributed by atoms with Gasteiger partial charge in [0.1, 0.15) is 0 Å². The fourth-order valence-electron chi connectivity index (χ4n) is 2.29. The molecule has 0 amide bonds. The van der Waals surface area contributed by atoms with Crippen LogP contribution in [0, 0.1) is 0 Å². The first-order chi connectivity index (χ1) is 10.8. The Hall–Kier alpha value is -2.60. The van der Waals surface area contributed by atoms with Crippen LogP contribution in [0.15, 0.2) is 47.7 Å². The van der Waals surface area contributed by atoms with E-state index in [0.717, 1.165) is 23.3 Å². The highest BCUT2D eigenvalue weighted by molar-refractivity contribution is 5.81. The number of nitrogens with one attached hydrogen (secondary N) is 2. The third-order valence-electron chi connectivity index (χ3n) is 3.47. The van der Waals surface area contributed by atoms with Gasteiger partial charge in [0.05, 0.1) is 19.3 Å². The smallest absolute Gasteiger partial charge is 0.189 e. The summed E-state index contributed by atoms with van der Waals surface area (Å²) in [5.74, 6) is 0. The van der Waals surface area contributed by atoms with Crippen LogP contribution >= 0.6 is 0 Å². The predicted molar refractivity (Wildman–Crippen MR) is 86.0 cm³/mol. The van der Waals surface area contributed by atoms with Crippen LogP contribution in [0.5, 0.6) is 0 Å². The van der Waals surface area contributed by atoms with Crippen LogP contribution in [-0.2, 0) is 17.8 Å². The molecule has 0 saturated carbocycles. The van der Waals surface area contributed by atoms with E-state index < -0.39 is 0 Å². The Morgan fingerprint density at radius 1 is 1.36 bits per heavy atom. The second-order valence-corrected chi connectivity index (χ2v) is 5.06. The molecule has 0 fully saturated rings. The Morgan fingerprint density at radius 2 is 2.27 bits per heavy atom. The van der Waals surface area contributed by atoms with Crippen molar-refractivity contribution in [2.45, 2.75) is 13.1 Å². The maximum atomic E-state index is 11.8. The lowest BCUT2D eigenvalue weighted by Crippen LogP contribution is -2.04. The summed E-state index contributed by atoms with van der Waals surface area (Å²) in [7, 11) is 1.67. The van der Waals surface area contributed by atoms with E-state index in [0.29, 0.717) is 18.5 Å². The standard InChI is InChI=1S/C16H18N4O2/c1-22-7-6-20-11-12(10-19-20)9-18-13-2-3-15-14(8-13)16(21)4-5-17-15/h2-5,8,10-11,18H,6-7,9H2,1H3,(H,17,21). The Bertz CT molecular complexity index is 822. The summed E-state index contributed by atoms with van der Waals surface area (Å²) in [6.45, 7) is 2.03. The van der Waals surface area contributed by atoms with Crippen molar-refractivity contribution in [3.8, 4) is 0 Å². The third kappa shape index (κ3) is 3.17. The number of methoxy groups -OCH3 is 1. The molecule has 3 rings (SSSR count). The van der Waals surface area contributed by atoms with Gasteiger partial charge in [-0.25, -0.2) is 0 Å². The van der Waals surface area contributed by atoms with E-state index in [2.05, 4.69) is 15.4 Å². The summed E-state index contributed by atoms with van der Waals surface area (Å²) in [6, 6.07) is 7.25. The molecule has 1 aromatic carbocycles. The van der Waals surface area contributed by atoms with Crippen molar-refractivity contribution in [3.05, 3.63) is 58.6 Å². The first-order valence-corrected chi connectivity index (χ1v) is 7.12. The molecule has 0 aliphatic carbocycles. The molecule has 0 spiro atoms. The van der Waals surface area contributed by atoms with Crippen molar-refractivity contribution in [2.75, 3.05) is 19.0 Å². The molecule has 3 aromatic rings. The van der Waals surface area contributed by atoms with Crippen molar-refractivity contribution >= 4 is 16.6 Å². The van der Waals surface area contributed by atoms with E-state index in [-0.39, 0.29) is 5.43 Å². The molecule has 0 unspecified atom stereocenters. The van der Waals surface area contributed by atoms with Gasteiger partial charge >= 0.3 is 0 Å². The monoisotopic (exact) mass is 298 g/mol. The normalized spacial score (nSPS) is 11.0. The number of H-pyrrole nitrogens is 1. The van der Waals surface area contributed by atoms with Gasteiger partial charge in [-0.3, -0.25) is 9.48 Å². The highest BCUT2D eigenvalue weighted by Gasteiger charge is 2.02. The molecule has 2 N–H and O–H groups in total. The molecule has 0 aliphatic rings. The number of nitrogens with zero attached hydrogens (tertiary/aromatic N) is 2. The quantitative estimate of drug-likeness (QED) is 0.730. The van der Waals surface area contributed by atoms with Gasteiger partial charge in [0.2, 0.25) is 0 Å². The number of fused-ring (bicyclic) bond motifs is 1. The van der Waals surface area contributed by atoms with Crippen LogP contribution < -0.4 is 10.7 Å². The van der Waals surface area contributed by atoms with Crippen LogP contribution in [0.1, 0.15) is 5.56 Å². The maximum Gasteiger partial charge on any atom is 0.189 e. The molecule has 0 bridgehead atoms. The highest BCUT2D eigenvalue weighted by atomic mass is 16.5. The van der Waals surface area contributed by atoms with Gasteiger partial charge in [-0.15, -0.1) is 0 Å². The van der Waals surface area contributed by atoms with Crippen LogP contribution in [0.4, 0.5) is 5.69 Å². The van der Waals surface area contributed by atoms with Crippen LogP contribution in [0.2, 0.25) is 0 Å². The van der Waals surface area contributed by atoms with Crippen molar-refractivity contribution in [2.24, 2.45) is 0 Å². The van der Waals surface area contributed by atoms with Crippen molar-refractivity contribution in [1.29, 1.82) is 0 Å². The van der Waals surface area contributed by atoms with Crippen molar-refractivity contribution < 1.29 is 4.74 Å². The molecule has 114 valence electrons. The zero-order valence-electron chi connectivity index (χ0n) is 12.4. The minimum absolute atomic E-state index is 0.0183. The van der Waals surface area contributed by atoms with Gasteiger partial charge in [0.25, 0.3) is 0 Å². The third-order valence-corrected chi connectivity index (χ3v) is 3.47. The second-order valence-electron chi connectivity index (χ2n) is 5.06. The lowest BCUT2D eigenvalue weighted by molar-refractivity contribution is 0.183. The second kappa shape index (κ2) is 6.44. The summed E-state index contributed by atoms with van der Waals surface area (Å²) < 4.78 is 6.88. The minimum atomic E-state index is 0.0183. The summed E-state index contributed by atoms with van der Waals surface area (Å²) >= 11 is 0. The molecule has 22 heavy (non-hydrogen) atoms. The number of hydrogen-bond acceptors (Lipinski definition) is 4. The number of benzene rings is 1. The average Bonchev–Trinajstić information content (AvgIpc) is 2.99. The zero-order chi connectivity index (χ0) is 15.4. The Labute approximate surface area is 127 Å². The molecule has 6 nitrogen and oxygen atoms in total. The predicted octanol–water partition coefficient (Wildman–Crippen LogP) is 1.98. The molecule has 6 heteroatoms. The summed E-state index contributed by atoms with van der Waals surface area (Å²) in [6.07, 6.45) is 5.47. The SMILES string of the molecule is COCCn1cc(CNc2ccc3[nH]ccc(=O)c3c2)cn1. The molecule has 0 aliphatic heterocycles. The Morgan fingerprint density at radius 3 is 3.14 bits per heavy atom. The van der Waals surface area contributed by atoms with Gasteiger partial charge in [0.15, 0.2) is 5.43 Å². The van der Waals surface area contributed by atoms with Gasteiger partial charge in [-0.1, -0.05) is 0 Å². The number of hydrogen-bond donors (Lipinski definition) is 2. The summed E-state index contributed by atoms with van der Waals surface area (Å²) in [4.78, 5) is 14.9. The molecule has 2 aromatic heterocycles. The fourth-order valence-corrected chi connectivity index (χ4v) is 2.29. The zero-order valence-corrected chi connectivity index (χ0v) is 12.4. The fraction of sp³-hybridized carbons (Fsp3) is 0.250. The van der Waals surface area contributed by atoms with Gasteiger partial charge in [0, 0.05) is 54.3 Å². The van der Waals surface area contributed by atoms with Crippen LogP contribution in [0.25, 0.3) is 10.9 Å². The van der Waals surface area contributed by atoms with Crippen LogP contribution in [0.3, 0.4) is 0 Å². The van der Waals surface area contributed by atoms with E-state index in [1.165, 1.54) is 6.07 Å². The van der Waals surface area contributed by atoms with Gasteiger partial charge < -0.3 is 15.0 Å². The molecule has 2 heterocycles. The minimum Gasteiger partial charge on any atom is -0.383 e. The number of pyridine rings is 1. The Balaban J connectivity index is 1.70.